The number of aliphatic hydroxyl groups is 1. The van der Waals surface area contributed by atoms with Crippen molar-refractivity contribution in [1.29, 1.82) is 0 Å². The average molecular weight is 318 g/mol. The number of hydrogen-bond donors (Lipinski definition) is 4. The summed E-state index contributed by atoms with van der Waals surface area (Å²) in [5, 5.41) is 29.7. The van der Waals surface area contributed by atoms with E-state index in [1.54, 1.807) is 0 Å². The van der Waals surface area contributed by atoms with Gasteiger partial charge >= 0.3 is 5.97 Å². The number of aliphatic hydroxyl groups excluding tert-OH is 1. The smallest absolute Gasteiger partial charge is 0.328 e. The maximum atomic E-state index is 11.8. The highest BCUT2D eigenvalue weighted by Gasteiger charge is 2.26. The number of amides is 1. The van der Waals surface area contributed by atoms with Crippen molar-refractivity contribution in [2.45, 2.75) is 19.1 Å². The Labute approximate surface area is 111 Å². The van der Waals surface area contributed by atoms with Crippen molar-refractivity contribution in [3.8, 4) is 5.75 Å². The first-order chi connectivity index (χ1) is 8.32. The van der Waals surface area contributed by atoms with Crippen LogP contribution in [0.4, 0.5) is 0 Å². The molecule has 0 spiro atoms. The molecule has 7 heteroatoms. The summed E-state index contributed by atoms with van der Waals surface area (Å²) in [6, 6.07) is 2.76. The van der Waals surface area contributed by atoms with Gasteiger partial charge in [-0.05, 0) is 25.1 Å². The summed E-state index contributed by atoms with van der Waals surface area (Å²) in [4.78, 5) is 22.6. The standard InChI is InChI=1S/C11H12BrNO5/c1-5(14)9(11(17)18)13-10(16)7-4-6(12)2-3-8(7)15/h2-5,9,14-15H,1H3,(H,13,16)(H,17,18)/t5-,9+/m1/s1. The zero-order valence-electron chi connectivity index (χ0n) is 9.42. The molecule has 1 amide bonds. The van der Waals surface area contributed by atoms with Crippen LogP contribution in [0.5, 0.6) is 5.75 Å². The van der Waals surface area contributed by atoms with Gasteiger partial charge in [-0.3, -0.25) is 4.79 Å². The highest BCUT2D eigenvalue weighted by molar-refractivity contribution is 9.10. The van der Waals surface area contributed by atoms with Crippen LogP contribution in [0.15, 0.2) is 22.7 Å². The summed E-state index contributed by atoms with van der Waals surface area (Å²) in [7, 11) is 0. The van der Waals surface area contributed by atoms with Crippen LogP contribution in [-0.4, -0.2) is 39.3 Å². The maximum Gasteiger partial charge on any atom is 0.328 e. The molecule has 0 saturated carbocycles. The number of phenolic OH excluding ortho intramolecular Hbond substituents is 1. The number of benzene rings is 1. The molecule has 0 bridgehead atoms. The maximum absolute atomic E-state index is 11.8. The number of halogens is 1. The van der Waals surface area contributed by atoms with Crippen LogP contribution >= 0.6 is 15.9 Å². The molecule has 1 aromatic carbocycles. The van der Waals surface area contributed by atoms with E-state index in [1.165, 1.54) is 25.1 Å². The molecule has 1 rings (SSSR count). The summed E-state index contributed by atoms with van der Waals surface area (Å²) in [6.45, 7) is 1.25. The van der Waals surface area contributed by atoms with Gasteiger partial charge in [0.2, 0.25) is 0 Å². The monoisotopic (exact) mass is 317 g/mol. The van der Waals surface area contributed by atoms with Gasteiger partial charge in [0.15, 0.2) is 6.04 Å². The van der Waals surface area contributed by atoms with E-state index < -0.39 is 24.0 Å². The molecular formula is C11H12BrNO5. The van der Waals surface area contributed by atoms with Crippen molar-refractivity contribution >= 4 is 27.8 Å². The minimum absolute atomic E-state index is 0.0729. The fraction of sp³-hybridized carbons (Fsp3) is 0.273. The second kappa shape index (κ2) is 5.83. The Morgan fingerprint density at radius 1 is 1.39 bits per heavy atom. The molecular weight excluding hydrogens is 306 g/mol. The minimum atomic E-state index is -1.43. The number of carboxylic acids is 1. The average Bonchev–Trinajstić information content (AvgIpc) is 2.28. The first-order valence-corrected chi connectivity index (χ1v) is 5.82. The molecule has 0 aliphatic heterocycles. The van der Waals surface area contributed by atoms with E-state index in [0.29, 0.717) is 4.47 Å². The quantitative estimate of drug-likeness (QED) is 0.654. The number of carbonyl (C=O) groups is 2. The third kappa shape index (κ3) is 3.44. The van der Waals surface area contributed by atoms with Gasteiger partial charge in [0.25, 0.3) is 5.91 Å². The van der Waals surface area contributed by atoms with Crippen LogP contribution in [0.25, 0.3) is 0 Å². The molecule has 2 atom stereocenters. The van der Waals surface area contributed by atoms with Gasteiger partial charge in [0.05, 0.1) is 11.7 Å². The molecule has 0 saturated heterocycles. The lowest BCUT2D eigenvalue weighted by atomic mass is 10.1. The number of aromatic hydroxyl groups is 1. The molecule has 18 heavy (non-hydrogen) atoms. The second-order valence-corrected chi connectivity index (χ2v) is 4.61. The van der Waals surface area contributed by atoms with Gasteiger partial charge in [0.1, 0.15) is 5.75 Å². The van der Waals surface area contributed by atoms with E-state index in [0.717, 1.165) is 0 Å². The van der Waals surface area contributed by atoms with E-state index in [1.807, 2.05) is 0 Å². The molecule has 98 valence electrons. The van der Waals surface area contributed by atoms with Crippen molar-refractivity contribution in [3.05, 3.63) is 28.2 Å². The minimum Gasteiger partial charge on any atom is -0.507 e. The van der Waals surface area contributed by atoms with Gasteiger partial charge in [-0.15, -0.1) is 0 Å². The van der Waals surface area contributed by atoms with Crippen LogP contribution in [-0.2, 0) is 4.79 Å². The summed E-state index contributed by atoms with van der Waals surface area (Å²) in [6.07, 6.45) is -1.25. The van der Waals surface area contributed by atoms with Gasteiger partial charge in [-0.25, -0.2) is 4.79 Å². The molecule has 0 aromatic heterocycles. The molecule has 0 fully saturated rings. The molecule has 0 unspecified atom stereocenters. The van der Waals surface area contributed by atoms with Crippen LogP contribution in [0.2, 0.25) is 0 Å². The number of phenols is 1. The summed E-state index contributed by atoms with van der Waals surface area (Å²) < 4.78 is 0.564. The lowest BCUT2D eigenvalue weighted by Crippen LogP contribution is -2.47. The number of nitrogens with one attached hydrogen (secondary N) is 1. The van der Waals surface area contributed by atoms with Crippen LogP contribution in [0.3, 0.4) is 0 Å². The predicted octanol–water partition coefficient (Wildman–Crippen LogP) is 0.718. The largest absolute Gasteiger partial charge is 0.507 e. The van der Waals surface area contributed by atoms with Gasteiger partial charge < -0.3 is 20.6 Å². The Hall–Kier alpha value is -1.60. The van der Waals surface area contributed by atoms with Crippen molar-refractivity contribution in [2.75, 3.05) is 0 Å². The number of hydrogen-bond acceptors (Lipinski definition) is 4. The van der Waals surface area contributed by atoms with Crippen molar-refractivity contribution in [3.63, 3.8) is 0 Å². The van der Waals surface area contributed by atoms with E-state index in [-0.39, 0.29) is 11.3 Å². The topological polar surface area (TPSA) is 107 Å². The van der Waals surface area contributed by atoms with E-state index >= 15 is 0 Å². The summed E-state index contributed by atoms with van der Waals surface area (Å²) in [5.74, 6) is -2.40. The summed E-state index contributed by atoms with van der Waals surface area (Å²) >= 11 is 3.13. The third-order valence-electron chi connectivity index (χ3n) is 2.24. The van der Waals surface area contributed by atoms with Crippen LogP contribution < -0.4 is 5.32 Å². The van der Waals surface area contributed by atoms with Crippen LogP contribution in [0, 0.1) is 0 Å². The molecule has 1 aromatic rings. The Balaban J connectivity index is 2.94. The van der Waals surface area contributed by atoms with Crippen molar-refractivity contribution in [1.82, 2.24) is 5.32 Å². The number of carbonyl (C=O) groups excluding carboxylic acids is 1. The van der Waals surface area contributed by atoms with Gasteiger partial charge in [-0.1, -0.05) is 15.9 Å². The van der Waals surface area contributed by atoms with Gasteiger partial charge in [0, 0.05) is 4.47 Å². The second-order valence-electron chi connectivity index (χ2n) is 3.69. The number of aliphatic carboxylic acids is 1. The van der Waals surface area contributed by atoms with Crippen LogP contribution in [0.1, 0.15) is 17.3 Å². The Morgan fingerprint density at radius 2 is 2.00 bits per heavy atom. The Bertz CT molecular complexity index is 475. The Morgan fingerprint density at radius 3 is 2.50 bits per heavy atom. The highest BCUT2D eigenvalue weighted by atomic mass is 79.9. The molecule has 6 nitrogen and oxygen atoms in total. The first kappa shape index (κ1) is 14.5. The number of carboxylic acid groups (broad SMARTS) is 1. The zero-order chi connectivity index (χ0) is 13.9. The molecule has 4 N–H and O–H groups in total. The zero-order valence-corrected chi connectivity index (χ0v) is 11.0. The predicted molar refractivity (Wildman–Crippen MR) is 66.4 cm³/mol. The van der Waals surface area contributed by atoms with E-state index in [9.17, 15) is 19.8 Å². The SMILES string of the molecule is C[C@@H](O)[C@H](NC(=O)c1cc(Br)ccc1O)C(=O)O. The molecule has 0 aliphatic rings. The van der Waals surface area contributed by atoms with Crippen molar-refractivity contribution < 1.29 is 24.9 Å². The third-order valence-corrected chi connectivity index (χ3v) is 2.73. The van der Waals surface area contributed by atoms with Gasteiger partial charge in [-0.2, -0.15) is 0 Å². The lowest BCUT2D eigenvalue weighted by molar-refractivity contribution is -0.141. The normalized spacial score (nSPS) is 13.7. The number of rotatable bonds is 4. The molecule has 0 aliphatic carbocycles. The van der Waals surface area contributed by atoms with E-state index in [4.69, 9.17) is 5.11 Å². The first-order valence-electron chi connectivity index (χ1n) is 5.03. The molecule has 0 heterocycles. The lowest BCUT2D eigenvalue weighted by Gasteiger charge is -2.17. The van der Waals surface area contributed by atoms with E-state index in [2.05, 4.69) is 21.2 Å². The fourth-order valence-electron chi connectivity index (χ4n) is 1.30. The Kier molecular flexibility index (Phi) is 4.69. The fourth-order valence-corrected chi connectivity index (χ4v) is 1.66. The molecule has 0 radical (unpaired) electrons. The highest BCUT2D eigenvalue weighted by Crippen LogP contribution is 2.21. The summed E-state index contributed by atoms with van der Waals surface area (Å²) in [5.41, 5.74) is -0.0729. The van der Waals surface area contributed by atoms with Crippen molar-refractivity contribution in [2.24, 2.45) is 0 Å².